The zero-order chi connectivity index (χ0) is 17.6. The van der Waals surface area contributed by atoms with Crippen LogP contribution >= 0.6 is 0 Å². The summed E-state index contributed by atoms with van der Waals surface area (Å²) in [7, 11) is 3.22. The monoisotopic (exact) mass is 344 g/mol. The van der Waals surface area contributed by atoms with Crippen molar-refractivity contribution in [2.75, 3.05) is 21.0 Å². The van der Waals surface area contributed by atoms with Gasteiger partial charge in [0.05, 0.1) is 14.2 Å². The van der Waals surface area contributed by atoms with E-state index in [0.717, 1.165) is 11.1 Å². The molecule has 0 bridgehead atoms. The average Bonchev–Trinajstić information content (AvgIpc) is 3.08. The number of ether oxygens (including phenoxy) is 5. The zero-order valence-corrected chi connectivity index (χ0v) is 14.3. The zero-order valence-electron chi connectivity index (χ0n) is 14.3. The maximum Gasteiger partial charge on any atom is 0.231 e. The molecule has 2 heterocycles. The van der Waals surface area contributed by atoms with Crippen molar-refractivity contribution in [3.63, 3.8) is 0 Å². The summed E-state index contributed by atoms with van der Waals surface area (Å²) in [5.41, 5.74) is 1.85. The molecule has 0 amide bonds. The Balaban J connectivity index is 1.90. The summed E-state index contributed by atoms with van der Waals surface area (Å²) in [6.07, 6.45) is -0.936. The van der Waals surface area contributed by atoms with Crippen LogP contribution in [-0.4, -0.2) is 32.4 Å². The molecule has 0 saturated heterocycles. The number of para-hydroxylation sites is 1. The molecule has 2 aliphatic heterocycles. The van der Waals surface area contributed by atoms with Crippen molar-refractivity contribution in [3.8, 4) is 28.7 Å². The van der Waals surface area contributed by atoms with Gasteiger partial charge in [-0.25, -0.2) is 0 Å². The number of hydrogen-bond donors (Lipinski definition) is 1. The Morgan fingerprint density at radius 1 is 1.00 bits per heavy atom. The third kappa shape index (κ3) is 2.44. The maximum absolute atomic E-state index is 10.4. The number of aliphatic hydroxyl groups excluding tert-OH is 1. The average molecular weight is 344 g/mol. The third-order valence-corrected chi connectivity index (χ3v) is 4.83. The van der Waals surface area contributed by atoms with Gasteiger partial charge in [-0.3, -0.25) is 0 Å². The molecule has 2 aromatic rings. The van der Waals surface area contributed by atoms with Gasteiger partial charge in [-0.15, -0.1) is 0 Å². The van der Waals surface area contributed by atoms with E-state index in [4.69, 9.17) is 23.7 Å². The summed E-state index contributed by atoms with van der Waals surface area (Å²) < 4.78 is 27.7. The number of fused-ring (bicyclic) bond motifs is 2. The van der Waals surface area contributed by atoms with E-state index >= 15 is 0 Å². The second-order valence-electron chi connectivity index (χ2n) is 6.17. The molecule has 132 valence electrons. The number of rotatable bonds is 3. The highest BCUT2D eigenvalue weighted by molar-refractivity contribution is 5.59. The minimum Gasteiger partial charge on any atom is -0.493 e. The van der Waals surface area contributed by atoms with E-state index in [0.29, 0.717) is 28.7 Å². The van der Waals surface area contributed by atoms with Gasteiger partial charge in [0, 0.05) is 29.0 Å². The first kappa shape index (κ1) is 15.9. The van der Waals surface area contributed by atoms with E-state index in [1.54, 1.807) is 20.3 Å². The smallest absolute Gasteiger partial charge is 0.231 e. The van der Waals surface area contributed by atoms with E-state index < -0.39 is 6.29 Å². The Morgan fingerprint density at radius 2 is 1.76 bits per heavy atom. The lowest BCUT2D eigenvalue weighted by atomic mass is 9.78. The molecule has 0 aromatic heterocycles. The molecule has 0 radical (unpaired) electrons. The molecule has 0 aliphatic carbocycles. The molecule has 6 heteroatoms. The van der Waals surface area contributed by atoms with Crippen LogP contribution in [0.3, 0.4) is 0 Å². The summed E-state index contributed by atoms with van der Waals surface area (Å²) in [6, 6.07) is 9.44. The SMILES string of the molecule is COc1cccc([C@@H]2c3cc4c(cc3O[C@H](O)[C@H]2C)OCO4)c1OC. The van der Waals surface area contributed by atoms with Crippen LogP contribution in [-0.2, 0) is 0 Å². The normalized spacial score (nSPS) is 23.6. The van der Waals surface area contributed by atoms with Gasteiger partial charge in [0.1, 0.15) is 5.75 Å². The molecule has 2 aromatic carbocycles. The van der Waals surface area contributed by atoms with Crippen LogP contribution in [0.5, 0.6) is 28.7 Å². The van der Waals surface area contributed by atoms with Crippen molar-refractivity contribution < 1.29 is 28.8 Å². The lowest BCUT2D eigenvalue weighted by Crippen LogP contribution is -2.34. The Labute approximate surface area is 145 Å². The van der Waals surface area contributed by atoms with Crippen molar-refractivity contribution in [3.05, 3.63) is 41.5 Å². The Morgan fingerprint density at radius 3 is 2.48 bits per heavy atom. The van der Waals surface area contributed by atoms with Crippen LogP contribution < -0.4 is 23.7 Å². The first-order valence-electron chi connectivity index (χ1n) is 8.13. The predicted octanol–water partition coefficient (Wildman–Crippen LogP) is 2.91. The summed E-state index contributed by atoms with van der Waals surface area (Å²) in [5.74, 6) is 2.86. The van der Waals surface area contributed by atoms with Gasteiger partial charge in [0.2, 0.25) is 13.1 Å². The summed E-state index contributed by atoms with van der Waals surface area (Å²) in [6.45, 7) is 2.13. The predicted molar refractivity (Wildman–Crippen MR) is 89.8 cm³/mol. The molecule has 0 fully saturated rings. The highest BCUT2D eigenvalue weighted by Crippen LogP contribution is 2.51. The van der Waals surface area contributed by atoms with Crippen LogP contribution in [0.15, 0.2) is 30.3 Å². The quantitative estimate of drug-likeness (QED) is 0.923. The Bertz CT molecular complexity index is 803. The van der Waals surface area contributed by atoms with Crippen molar-refractivity contribution in [2.24, 2.45) is 5.92 Å². The van der Waals surface area contributed by atoms with Crippen LogP contribution in [0.1, 0.15) is 24.0 Å². The van der Waals surface area contributed by atoms with E-state index in [2.05, 4.69) is 0 Å². The van der Waals surface area contributed by atoms with Crippen molar-refractivity contribution in [1.82, 2.24) is 0 Å². The van der Waals surface area contributed by atoms with Crippen LogP contribution in [0.4, 0.5) is 0 Å². The summed E-state index contributed by atoms with van der Waals surface area (Å²) in [5, 5.41) is 10.4. The second-order valence-corrected chi connectivity index (χ2v) is 6.17. The van der Waals surface area contributed by atoms with E-state index in [9.17, 15) is 5.11 Å². The fraction of sp³-hybridized carbons (Fsp3) is 0.368. The molecule has 4 rings (SSSR count). The van der Waals surface area contributed by atoms with Gasteiger partial charge in [-0.1, -0.05) is 19.1 Å². The van der Waals surface area contributed by atoms with Crippen molar-refractivity contribution >= 4 is 0 Å². The molecule has 0 unspecified atom stereocenters. The standard InChI is InChI=1S/C19H20O6/c1-10-17(11-5-4-6-13(21-2)18(11)22-3)12-7-15-16(24-9-23-15)8-14(12)25-19(10)20/h4-8,10,17,19-20H,9H2,1-3H3/t10-,17+,19-/m0/s1. The maximum atomic E-state index is 10.4. The second kappa shape index (κ2) is 6.04. The molecule has 25 heavy (non-hydrogen) atoms. The first-order chi connectivity index (χ1) is 12.1. The lowest BCUT2D eigenvalue weighted by Gasteiger charge is -2.36. The summed E-state index contributed by atoms with van der Waals surface area (Å²) in [4.78, 5) is 0. The number of methoxy groups -OCH3 is 2. The van der Waals surface area contributed by atoms with Gasteiger partial charge in [-0.2, -0.15) is 0 Å². The third-order valence-electron chi connectivity index (χ3n) is 4.83. The molecular formula is C19H20O6. The lowest BCUT2D eigenvalue weighted by molar-refractivity contribution is -0.0730. The van der Waals surface area contributed by atoms with Gasteiger partial charge in [0.15, 0.2) is 23.0 Å². The molecule has 0 saturated carbocycles. The fourth-order valence-corrected chi connectivity index (χ4v) is 3.58. The van der Waals surface area contributed by atoms with E-state index in [1.807, 2.05) is 31.2 Å². The van der Waals surface area contributed by atoms with Gasteiger partial charge in [0.25, 0.3) is 0 Å². The van der Waals surface area contributed by atoms with Crippen LogP contribution in [0, 0.1) is 5.92 Å². The minimum atomic E-state index is -0.936. The molecule has 6 nitrogen and oxygen atoms in total. The Kier molecular flexibility index (Phi) is 3.84. The first-order valence-corrected chi connectivity index (χ1v) is 8.13. The topological polar surface area (TPSA) is 66.4 Å². The molecule has 2 aliphatic rings. The van der Waals surface area contributed by atoms with Crippen molar-refractivity contribution in [2.45, 2.75) is 19.1 Å². The largest absolute Gasteiger partial charge is 0.493 e. The molecule has 3 atom stereocenters. The van der Waals surface area contributed by atoms with Gasteiger partial charge < -0.3 is 28.8 Å². The highest BCUT2D eigenvalue weighted by atomic mass is 16.7. The van der Waals surface area contributed by atoms with Crippen molar-refractivity contribution in [1.29, 1.82) is 0 Å². The fourth-order valence-electron chi connectivity index (χ4n) is 3.58. The Hall–Kier alpha value is -2.60. The van der Waals surface area contributed by atoms with Gasteiger partial charge >= 0.3 is 0 Å². The molecular weight excluding hydrogens is 324 g/mol. The van der Waals surface area contributed by atoms with Crippen LogP contribution in [0.2, 0.25) is 0 Å². The molecule has 0 spiro atoms. The van der Waals surface area contributed by atoms with E-state index in [1.165, 1.54) is 0 Å². The molecule has 1 N–H and O–H groups in total. The number of aliphatic hydroxyl groups is 1. The van der Waals surface area contributed by atoms with E-state index in [-0.39, 0.29) is 18.6 Å². The minimum absolute atomic E-state index is 0.140. The van der Waals surface area contributed by atoms with Gasteiger partial charge in [-0.05, 0) is 12.1 Å². The summed E-state index contributed by atoms with van der Waals surface area (Å²) >= 11 is 0. The highest BCUT2D eigenvalue weighted by Gasteiger charge is 2.39. The number of hydrogen-bond acceptors (Lipinski definition) is 6. The number of benzene rings is 2. The van der Waals surface area contributed by atoms with Crippen LogP contribution in [0.25, 0.3) is 0 Å².